The van der Waals surface area contributed by atoms with Gasteiger partial charge in [0.1, 0.15) is 23.3 Å². The minimum absolute atomic E-state index is 0.0928. The lowest BCUT2D eigenvalue weighted by atomic mass is 10.2. The fourth-order valence-electron chi connectivity index (χ4n) is 2.91. The van der Waals surface area contributed by atoms with Crippen LogP contribution in [0.1, 0.15) is 12.5 Å². The lowest BCUT2D eigenvalue weighted by Crippen LogP contribution is -2.37. The molecule has 0 spiro atoms. The van der Waals surface area contributed by atoms with E-state index < -0.39 is 23.5 Å². The van der Waals surface area contributed by atoms with Crippen LogP contribution in [0, 0.1) is 17.5 Å². The van der Waals surface area contributed by atoms with E-state index in [1.807, 2.05) is 6.92 Å². The molecule has 2 aromatic carbocycles. The third-order valence-corrected chi connectivity index (χ3v) is 4.40. The Labute approximate surface area is 183 Å². The zero-order valence-electron chi connectivity index (χ0n) is 17.5. The van der Waals surface area contributed by atoms with Gasteiger partial charge in [0.2, 0.25) is 5.95 Å². The number of nitrogens with one attached hydrogen (secondary N) is 2. The molecule has 3 rings (SSSR count). The second kappa shape index (κ2) is 10.6. The summed E-state index contributed by atoms with van der Waals surface area (Å²) in [7, 11) is 1.57. The van der Waals surface area contributed by atoms with Gasteiger partial charge in [-0.15, -0.1) is 0 Å². The van der Waals surface area contributed by atoms with Gasteiger partial charge in [0.05, 0.1) is 12.3 Å². The van der Waals surface area contributed by atoms with Gasteiger partial charge in [-0.1, -0.05) is 6.07 Å². The maximum absolute atomic E-state index is 13.9. The maximum Gasteiger partial charge on any atom is 0.327 e. The first-order chi connectivity index (χ1) is 15.4. The topological polar surface area (TPSA) is 79.4 Å². The van der Waals surface area contributed by atoms with E-state index >= 15 is 0 Å². The lowest BCUT2D eigenvalue weighted by molar-refractivity contribution is 0.190. The number of amides is 2. The number of hydrogen-bond donors (Lipinski definition) is 2. The van der Waals surface area contributed by atoms with E-state index in [4.69, 9.17) is 4.74 Å². The summed E-state index contributed by atoms with van der Waals surface area (Å²) in [5.41, 5.74) is 0.440. The van der Waals surface area contributed by atoms with Crippen molar-refractivity contribution in [1.82, 2.24) is 15.3 Å². The maximum atomic E-state index is 13.9. The molecule has 2 amide bonds. The highest BCUT2D eigenvalue weighted by Gasteiger charge is 2.21. The van der Waals surface area contributed by atoms with Crippen molar-refractivity contribution in [3.05, 3.63) is 77.7 Å². The fraction of sp³-hybridized carbons (Fsp3) is 0.227. The van der Waals surface area contributed by atoms with Crippen LogP contribution in [-0.2, 0) is 11.3 Å². The molecule has 0 bridgehead atoms. The molecular formula is C22H22F3N5O2. The minimum atomic E-state index is -0.778. The summed E-state index contributed by atoms with van der Waals surface area (Å²) in [5, 5.41) is 5.64. The van der Waals surface area contributed by atoms with Gasteiger partial charge in [0.25, 0.3) is 0 Å². The van der Waals surface area contributed by atoms with E-state index in [-0.39, 0.29) is 29.9 Å². The lowest BCUT2D eigenvalue weighted by Gasteiger charge is -2.23. The molecule has 0 fully saturated rings. The predicted molar refractivity (Wildman–Crippen MR) is 114 cm³/mol. The van der Waals surface area contributed by atoms with Crippen LogP contribution in [0.25, 0.3) is 0 Å². The second-order valence-electron chi connectivity index (χ2n) is 6.95. The SMILES string of the molecule is COCC(C)Nc1nccc(N(C(=O)NCc2ccc(F)cc2F)c2ccc(F)cc2)n1. The van der Waals surface area contributed by atoms with Gasteiger partial charge in [0.15, 0.2) is 0 Å². The number of methoxy groups -OCH3 is 1. The quantitative estimate of drug-likeness (QED) is 0.538. The Morgan fingerprint density at radius 1 is 1.09 bits per heavy atom. The third-order valence-electron chi connectivity index (χ3n) is 4.40. The van der Waals surface area contributed by atoms with Crippen LogP contribution >= 0.6 is 0 Å². The van der Waals surface area contributed by atoms with Crippen LogP contribution in [0.4, 0.5) is 35.4 Å². The standard InChI is InChI=1S/C22H22F3N5O2/c1-14(13-32-2)28-21-26-10-9-20(29-21)30(18-7-5-16(23)6-8-18)22(31)27-12-15-3-4-17(24)11-19(15)25/h3-11,14H,12-13H2,1-2H3,(H,27,31)(H,26,28,29). The molecule has 0 aliphatic rings. The predicted octanol–water partition coefficient (Wildman–Crippen LogP) is 4.39. The Morgan fingerprint density at radius 2 is 1.81 bits per heavy atom. The number of carbonyl (C=O) groups is 1. The fourth-order valence-corrected chi connectivity index (χ4v) is 2.91. The number of urea groups is 1. The molecule has 32 heavy (non-hydrogen) atoms. The number of carbonyl (C=O) groups excluding carboxylic acids is 1. The van der Waals surface area contributed by atoms with Gasteiger partial charge in [-0.2, -0.15) is 4.98 Å². The summed E-state index contributed by atoms with van der Waals surface area (Å²) in [6.45, 7) is 2.10. The van der Waals surface area contributed by atoms with Crippen LogP contribution < -0.4 is 15.5 Å². The highest BCUT2D eigenvalue weighted by atomic mass is 19.1. The van der Waals surface area contributed by atoms with E-state index in [0.717, 1.165) is 12.1 Å². The third kappa shape index (κ3) is 5.94. The summed E-state index contributed by atoms with van der Waals surface area (Å²) in [6, 6.07) is 9.10. The van der Waals surface area contributed by atoms with Gasteiger partial charge in [0, 0.05) is 43.6 Å². The molecular weight excluding hydrogens is 423 g/mol. The molecule has 1 heterocycles. The Kier molecular flexibility index (Phi) is 7.61. The number of ether oxygens (including phenoxy) is 1. The molecule has 0 aliphatic carbocycles. The smallest absolute Gasteiger partial charge is 0.327 e. The molecule has 2 N–H and O–H groups in total. The van der Waals surface area contributed by atoms with Crippen molar-refractivity contribution in [1.29, 1.82) is 0 Å². The van der Waals surface area contributed by atoms with E-state index in [9.17, 15) is 18.0 Å². The molecule has 10 heteroatoms. The number of aromatic nitrogens is 2. The van der Waals surface area contributed by atoms with Crippen molar-refractivity contribution < 1.29 is 22.7 Å². The number of rotatable bonds is 8. The van der Waals surface area contributed by atoms with E-state index in [2.05, 4.69) is 20.6 Å². The number of benzene rings is 2. The van der Waals surface area contributed by atoms with E-state index in [1.165, 1.54) is 47.5 Å². The Balaban J connectivity index is 1.87. The van der Waals surface area contributed by atoms with E-state index in [0.29, 0.717) is 12.3 Å². The minimum Gasteiger partial charge on any atom is -0.383 e. The average molecular weight is 445 g/mol. The summed E-state index contributed by atoms with van der Waals surface area (Å²) in [5.74, 6) is -1.50. The molecule has 0 saturated carbocycles. The van der Waals surface area contributed by atoms with Crippen molar-refractivity contribution >= 4 is 23.5 Å². The molecule has 1 unspecified atom stereocenters. The van der Waals surface area contributed by atoms with Gasteiger partial charge < -0.3 is 15.4 Å². The zero-order chi connectivity index (χ0) is 23.1. The second-order valence-corrected chi connectivity index (χ2v) is 6.95. The highest BCUT2D eigenvalue weighted by Crippen LogP contribution is 2.25. The van der Waals surface area contributed by atoms with Crippen LogP contribution in [0.3, 0.4) is 0 Å². The number of anilines is 3. The van der Waals surface area contributed by atoms with Gasteiger partial charge in [-0.3, -0.25) is 0 Å². The van der Waals surface area contributed by atoms with Crippen molar-refractivity contribution in [2.75, 3.05) is 23.9 Å². The molecule has 0 radical (unpaired) electrons. The van der Waals surface area contributed by atoms with Crippen LogP contribution in [0.2, 0.25) is 0 Å². The van der Waals surface area contributed by atoms with Crippen LogP contribution in [-0.4, -0.2) is 35.8 Å². The molecule has 168 valence electrons. The monoisotopic (exact) mass is 445 g/mol. The summed E-state index contributed by atoms with van der Waals surface area (Å²) >= 11 is 0. The first kappa shape index (κ1) is 23.0. The molecule has 1 aromatic heterocycles. The van der Waals surface area contributed by atoms with Crippen molar-refractivity contribution in [3.63, 3.8) is 0 Å². The molecule has 7 nitrogen and oxygen atoms in total. The number of hydrogen-bond acceptors (Lipinski definition) is 5. The Hall–Kier alpha value is -3.66. The average Bonchev–Trinajstić information content (AvgIpc) is 2.75. The summed E-state index contributed by atoms with van der Waals surface area (Å²) < 4.78 is 45.6. The first-order valence-corrected chi connectivity index (χ1v) is 9.73. The van der Waals surface area contributed by atoms with Gasteiger partial charge in [-0.05, 0) is 37.3 Å². The normalized spacial score (nSPS) is 11.7. The molecule has 3 aromatic rings. The zero-order valence-corrected chi connectivity index (χ0v) is 17.5. The van der Waals surface area contributed by atoms with Crippen molar-refractivity contribution in [2.45, 2.75) is 19.5 Å². The van der Waals surface area contributed by atoms with Gasteiger partial charge >= 0.3 is 6.03 Å². The molecule has 0 saturated heterocycles. The molecule has 0 aliphatic heterocycles. The van der Waals surface area contributed by atoms with Gasteiger partial charge in [-0.25, -0.2) is 27.8 Å². The van der Waals surface area contributed by atoms with Crippen LogP contribution in [0.15, 0.2) is 54.7 Å². The van der Waals surface area contributed by atoms with Crippen molar-refractivity contribution in [2.24, 2.45) is 0 Å². The Morgan fingerprint density at radius 3 is 2.50 bits per heavy atom. The first-order valence-electron chi connectivity index (χ1n) is 9.73. The highest BCUT2D eigenvalue weighted by molar-refractivity contribution is 5.98. The number of halogens is 3. The summed E-state index contributed by atoms with van der Waals surface area (Å²) in [4.78, 5) is 22.8. The summed E-state index contributed by atoms with van der Waals surface area (Å²) in [6.07, 6.45) is 1.47. The molecule has 1 atom stereocenters. The van der Waals surface area contributed by atoms with Crippen LogP contribution in [0.5, 0.6) is 0 Å². The largest absolute Gasteiger partial charge is 0.383 e. The van der Waals surface area contributed by atoms with Crippen molar-refractivity contribution in [3.8, 4) is 0 Å². The Bertz CT molecular complexity index is 1070. The van der Waals surface area contributed by atoms with E-state index in [1.54, 1.807) is 7.11 Å². The number of nitrogens with zero attached hydrogens (tertiary/aromatic N) is 3.